The van der Waals surface area contributed by atoms with E-state index in [-0.39, 0.29) is 0 Å². The molecule has 0 aliphatic heterocycles. The van der Waals surface area contributed by atoms with E-state index in [1.165, 1.54) is 7.11 Å². The van der Waals surface area contributed by atoms with Crippen LogP contribution in [0.2, 0.25) is 0 Å². The largest absolute Gasteiger partial charge is 0.493 e. The minimum atomic E-state index is -0.650. The van der Waals surface area contributed by atoms with E-state index in [0.717, 1.165) is 5.39 Å². The molecule has 0 amide bonds. The third kappa shape index (κ3) is 2.46. The van der Waals surface area contributed by atoms with E-state index in [4.69, 9.17) is 14.6 Å². The van der Waals surface area contributed by atoms with Gasteiger partial charge in [0.2, 0.25) is 0 Å². The van der Waals surface area contributed by atoms with Gasteiger partial charge in [-0.1, -0.05) is 12.1 Å². The van der Waals surface area contributed by atoms with Gasteiger partial charge in [0.1, 0.15) is 0 Å². The highest BCUT2D eigenvalue weighted by Gasteiger charge is 2.14. The third-order valence-electron chi connectivity index (χ3n) is 2.80. The summed E-state index contributed by atoms with van der Waals surface area (Å²) in [4.78, 5) is 11.8. The molecule has 1 N–H and O–H groups in total. The van der Waals surface area contributed by atoms with E-state index in [2.05, 4.69) is 4.74 Å². The van der Waals surface area contributed by atoms with E-state index in [9.17, 15) is 4.79 Å². The highest BCUT2D eigenvalue weighted by Crippen LogP contribution is 2.33. The van der Waals surface area contributed by atoms with Crippen LogP contribution < -0.4 is 9.47 Å². The Morgan fingerprint density at radius 1 is 1.16 bits per heavy atom. The fourth-order valence-corrected chi connectivity index (χ4v) is 1.92. The standard InChI is InChI=1S/C14H14O5/c1-17-12-6-9-4-3-5-10(14(16)19-8-15)11(9)7-13(12)18-2/h3-7,15H,8H2,1-2H3. The highest BCUT2D eigenvalue weighted by atomic mass is 16.6. The molecule has 2 aromatic carbocycles. The lowest BCUT2D eigenvalue weighted by atomic mass is 10.0. The average Bonchev–Trinajstić information content (AvgIpc) is 2.45. The summed E-state index contributed by atoms with van der Waals surface area (Å²) in [6.45, 7) is -0.650. The quantitative estimate of drug-likeness (QED) is 0.674. The molecule has 2 aromatic rings. The van der Waals surface area contributed by atoms with Gasteiger partial charge in [0.05, 0.1) is 19.8 Å². The zero-order valence-electron chi connectivity index (χ0n) is 10.7. The smallest absolute Gasteiger partial charge is 0.340 e. The normalized spacial score (nSPS) is 10.3. The Hall–Kier alpha value is -2.27. The van der Waals surface area contributed by atoms with E-state index in [0.29, 0.717) is 22.4 Å². The Morgan fingerprint density at radius 2 is 1.84 bits per heavy atom. The van der Waals surface area contributed by atoms with Crippen molar-refractivity contribution in [1.82, 2.24) is 0 Å². The molecule has 0 aliphatic rings. The molecule has 0 spiro atoms. The topological polar surface area (TPSA) is 65.0 Å². The number of esters is 1. The van der Waals surface area contributed by atoms with Gasteiger partial charge in [0.15, 0.2) is 18.3 Å². The lowest BCUT2D eigenvalue weighted by Gasteiger charge is -2.11. The van der Waals surface area contributed by atoms with Crippen molar-refractivity contribution in [3.63, 3.8) is 0 Å². The van der Waals surface area contributed by atoms with Crippen molar-refractivity contribution in [2.24, 2.45) is 0 Å². The number of aliphatic hydroxyl groups is 1. The maximum atomic E-state index is 11.8. The first kappa shape index (κ1) is 13.2. The summed E-state index contributed by atoms with van der Waals surface area (Å²) < 4.78 is 15.0. The van der Waals surface area contributed by atoms with Gasteiger partial charge in [-0.15, -0.1) is 0 Å². The first-order valence-corrected chi connectivity index (χ1v) is 5.64. The number of fused-ring (bicyclic) bond motifs is 1. The van der Waals surface area contributed by atoms with Crippen molar-refractivity contribution in [2.75, 3.05) is 21.0 Å². The van der Waals surface area contributed by atoms with E-state index >= 15 is 0 Å². The maximum absolute atomic E-state index is 11.8. The van der Waals surface area contributed by atoms with Gasteiger partial charge in [-0.25, -0.2) is 4.79 Å². The third-order valence-corrected chi connectivity index (χ3v) is 2.80. The molecular weight excluding hydrogens is 248 g/mol. The fourth-order valence-electron chi connectivity index (χ4n) is 1.92. The number of carbonyl (C=O) groups is 1. The Bertz CT molecular complexity index is 606. The molecule has 0 unspecified atom stereocenters. The summed E-state index contributed by atoms with van der Waals surface area (Å²) in [6.07, 6.45) is 0. The molecule has 0 aliphatic carbocycles. The molecule has 0 fully saturated rings. The first-order chi connectivity index (χ1) is 9.21. The minimum absolute atomic E-state index is 0.368. The fraction of sp³-hybridized carbons (Fsp3) is 0.214. The number of ether oxygens (including phenoxy) is 3. The predicted molar refractivity (Wildman–Crippen MR) is 69.6 cm³/mol. The average molecular weight is 262 g/mol. The molecule has 5 nitrogen and oxygen atoms in total. The van der Waals surface area contributed by atoms with Gasteiger partial charge < -0.3 is 19.3 Å². The van der Waals surface area contributed by atoms with Crippen LogP contribution in [-0.4, -0.2) is 32.1 Å². The summed E-state index contributed by atoms with van der Waals surface area (Å²) >= 11 is 0. The van der Waals surface area contributed by atoms with Gasteiger partial charge >= 0.3 is 5.97 Å². The molecule has 0 saturated heterocycles. The van der Waals surface area contributed by atoms with Crippen molar-refractivity contribution in [1.29, 1.82) is 0 Å². The van der Waals surface area contributed by atoms with Crippen LogP contribution in [0.5, 0.6) is 11.5 Å². The molecule has 0 saturated carbocycles. The van der Waals surface area contributed by atoms with Crippen molar-refractivity contribution in [2.45, 2.75) is 0 Å². The molecule has 2 rings (SSSR count). The van der Waals surface area contributed by atoms with Crippen molar-refractivity contribution >= 4 is 16.7 Å². The molecule has 100 valence electrons. The predicted octanol–water partition coefficient (Wildman–Crippen LogP) is 1.96. The van der Waals surface area contributed by atoms with Crippen LogP contribution in [-0.2, 0) is 4.74 Å². The Labute approximate surface area is 110 Å². The lowest BCUT2D eigenvalue weighted by molar-refractivity contribution is 0.00705. The molecule has 19 heavy (non-hydrogen) atoms. The Morgan fingerprint density at radius 3 is 2.47 bits per heavy atom. The van der Waals surface area contributed by atoms with Crippen molar-refractivity contribution in [3.05, 3.63) is 35.9 Å². The van der Waals surface area contributed by atoms with Crippen LogP contribution in [0.15, 0.2) is 30.3 Å². The van der Waals surface area contributed by atoms with Crippen LogP contribution in [0.3, 0.4) is 0 Å². The first-order valence-electron chi connectivity index (χ1n) is 5.64. The molecule has 0 atom stereocenters. The van der Waals surface area contributed by atoms with Gasteiger partial charge in [-0.3, -0.25) is 0 Å². The number of methoxy groups -OCH3 is 2. The van der Waals surface area contributed by atoms with E-state index in [1.54, 1.807) is 31.4 Å². The number of benzene rings is 2. The summed E-state index contributed by atoms with van der Waals surface area (Å²) in [5, 5.41) is 10.2. The number of carbonyl (C=O) groups excluding carboxylic acids is 1. The van der Waals surface area contributed by atoms with Gasteiger partial charge in [0.25, 0.3) is 0 Å². The van der Waals surface area contributed by atoms with Crippen LogP contribution in [0.25, 0.3) is 10.8 Å². The number of aliphatic hydroxyl groups excluding tert-OH is 1. The number of rotatable bonds is 4. The SMILES string of the molecule is COc1cc2cccc(C(=O)OCO)c2cc1OC. The van der Waals surface area contributed by atoms with Gasteiger partial charge in [0, 0.05) is 5.39 Å². The zero-order chi connectivity index (χ0) is 13.8. The summed E-state index contributed by atoms with van der Waals surface area (Å²) in [7, 11) is 3.08. The Kier molecular flexibility index (Phi) is 3.87. The van der Waals surface area contributed by atoms with Crippen LogP contribution in [0, 0.1) is 0 Å². The highest BCUT2D eigenvalue weighted by molar-refractivity contribution is 6.05. The summed E-state index contributed by atoms with van der Waals surface area (Å²) in [5.41, 5.74) is 0.368. The van der Waals surface area contributed by atoms with Gasteiger partial charge in [-0.05, 0) is 23.6 Å². The van der Waals surface area contributed by atoms with E-state index in [1.807, 2.05) is 6.07 Å². The maximum Gasteiger partial charge on any atom is 0.340 e. The Balaban J connectivity index is 2.64. The minimum Gasteiger partial charge on any atom is -0.493 e. The summed E-state index contributed by atoms with van der Waals surface area (Å²) in [5.74, 6) is 0.530. The van der Waals surface area contributed by atoms with E-state index < -0.39 is 12.8 Å². The van der Waals surface area contributed by atoms with Crippen molar-refractivity contribution < 1.29 is 24.1 Å². The molecule has 0 bridgehead atoms. The second-order valence-electron chi connectivity index (χ2n) is 3.79. The lowest BCUT2D eigenvalue weighted by Crippen LogP contribution is -2.06. The zero-order valence-corrected chi connectivity index (χ0v) is 10.7. The number of hydrogen-bond acceptors (Lipinski definition) is 5. The van der Waals surface area contributed by atoms with Gasteiger partial charge in [-0.2, -0.15) is 0 Å². The molecular formula is C14H14O5. The second kappa shape index (κ2) is 5.58. The van der Waals surface area contributed by atoms with Crippen LogP contribution in [0.4, 0.5) is 0 Å². The molecule has 0 radical (unpaired) electrons. The van der Waals surface area contributed by atoms with Crippen molar-refractivity contribution in [3.8, 4) is 11.5 Å². The molecule has 5 heteroatoms. The molecule has 0 heterocycles. The molecule has 0 aromatic heterocycles. The second-order valence-corrected chi connectivity index (χ2v) is 3.79. The van der Waals surface area contributed by atoms with Crippen LogP contribution >= 0.6 is 0 Å². The monoisotopic (exact) mass is 262 g/mol. The summed E-state index contributed by atoms with van der Waals surface area (Å²) in [6, 6.07) is 8.72. The van der Waals surface area contributed by atoms with Crippen LogP contribution in [0.1, 0.15) is 10.4 Å². The number of hydrogen-bond donors (Lipinski definition) is 1.